The Balaban J connectivity index is 1.67. The van der Waals surface area contributed by atoms with Gasteiger partial charge in [0.15, 0.2) is 0 Å². The summed E-state index contributed by atoms with van der Waals surface area (Å²) < 4.78 is 15.0. The number of nitrogens with zero attached hydrogens (tertiary/aromatic N) is 2. The second-order valence-corrected chi connectivity index (χ2v) is 7.57. The van der Waals surface area contributed by atoms with Gasteiger partial charge in [-0.05, 0) is 60.2 Å². The Morgan fingerprint density at radius 3 is 2.45 bits per heavy atom. The number of rotatable bonds is 4. The van der Waals surface area contributed by atoms with Gasteiger partial charge < -0.3 is 4.57 Å². The van der Waals surface area contributed by atoms with Crippen molar-refractivity contribution in [3.8, 4) is 0 Å². The van der Waals surface area contributed by atoms with Crippen molar-refractivity contribution in [2.45, 2.75) is 6.54 Å². The fourth-order valence-corrected chi connectivity index (χ4v) is 3.63. The van der Waals surface area contributed by atoms with E-state index < -0.39 is 23.7 Å². The SMILES string of the molecule is O=C1NC(=O)N(c2ccc(F)cc2)C(=O)C1=Cc1cccn1Cc1ccc(Cl)cc1Cl. The molecule has 0 radical (unpaired) electrons. The summed E-state index contributed by atoms with van der Waals surface area (Å²) in [5.74, 6) is -2.14. The molecule has 2 aromatic carbocycles. The molecule has 1 aliphatic heterocycles. The van der Waals surface area contributed by atoms with Crippen LogP contribution in [0.2, 0.25) is 10.0 Å². The normalized spacial score (nSPS) is 15.5. The van der Waals surface area contributed by atoms with Gasteiger partial charge in [0, 0.05) is 28.5 Å². The second-order valence-electron chi connectivity index (χ2n) is 6.73. The average molecular weight is 458 g/mol. The quantitative estimate of drug-likeness (QED) is 0.457. The lowest BCUT2D eigenvalue weighted by Crippen LogP contribution is -2.54. The Hall–Kier alpha value is -3.42. The minimum absolute atomic E-state index is 0.144. The highest BCUT2D eigenvalue weighted by Gasteiger charge is 2.37. The number of amides is 4. The molecule has 4 amide bonds. The zero-order valence-corrected chi connectivity index (χ0v) is 17.3. The predicted octanol–water partition coefficient (Wildman–Crippen LogP) is 4.65. The molecule has 3 aromatic rings. The molecule has 0 spiro atoms. The Kier molecular flexibility index (Phi) is 5.63. The van der Waals surface area contributed by atoms with Crippen molar-refractivity contribution < 1.29 is 18.8 Å². The molecule has 0 atom stereocenters. The first-order valence-corrected chi connectivity index (χ1v) is 9.85. The summed E-state index contributed by atoms with van der Waals surface area (Å²) in [6.07, 6.45) is 3.16. The standard InChI is InChI=1S/C22H14Cl2FN3O3/c23-14-4-3-13(19(24)10-14)12-27-9-1-2-17(27)11-18-20(29)26-22(31)28(21(18)30)16-7-5-15(25)6-8-16/h1-11H,12H2,(H,26,29,31). The van der Waals surface area contributed by atoms with Gasteiger partial charge in [-0.1, -0.05) is 29.3 Å². The van der Waals surface area contributed by atoms with Crippen LogP contribution >= 0.6 is 23.2 Å². The fraction of sp³-hybridized carbons (Fsp3) is 0.0455. The Bertz CT molecular complexity index is 1240. The minimum atomic E-state index is -0.901. The van der Waals surface area contributed by atoms with E-state index in [1.54, 1.807) is 41.1 Å². The average Bonchev–Trinajstić information content (AvgIpc) is 3.15. The number of hydrogen-bond acceptors (Lipinski definition) is 3. The summed E-state index contributed by atoms with van der Waals surface area (Å²) in [6, 6.07) is 12.5. The molecule has 6 nitrogen and oxygen atoms in total. The van der Waals surface area contributed by atoms with E-state index in [4.69, 9.17) is 23.2 Å². The van der Waals surface area contributed by atoms with Crippen molar-refractivity contribution in [2.75, 3.05) is 4.90 Å². The molecule has 1 aliphatic rings. The highest BCUT2D eigenvalue weighted by Crippen LogP contribution is 2.25. The minimum Gasteiger partial charge on any atom is -0.343 e. The van der Waals surface area contributed by atoms with E-state index in [1.807, 2.05) is 0 Å². The Morgan fingerprint density at radius 1 is 1.00 bits per heavy atom. The zero-order valence-electron chi connectivity index (χ0n) is 15.8. The smallest absolute Gasteiger partial charge is 0.335 e. The molecular weight excluding hydrogens is 444 g/mol. The lowest BCUT2D eigenvalue weighted by molar-refractivity contribution is -0.122. The first-order chi connectivity index (χ1) is 14.8. The van der Waals surface area contributed by atoms with E-state index in [1.165, 1.54) is 18.2 Å². The molecule has 1 N–H and O–H groups in total. The van der Waals surface area contributed by atoms with Gasteiger partial charge in [0.2, 0.25) is 0 Å². The number of hydrogen-bond donors (Lipinski definition) is 1. The van der Waals surface area contributed by atoms with Gasteiger partial charge in [-0.15, -0.1) is 0 Å². The van der Waals surface area contributed by atoms with E-state index in [0.717, 1.165) is 22.6 Å². The maximum Gasteiger partial charge on any atom is 0.335 e. The van der Waals surface area contributed by atoms with Crippen molar-refractivity contribution in [3.05, 3.63) is 93.5 Å². The van der Waals surface area contributed by atoms with Crippen LogP contribution < -0.4 is 10.2 Å². The molecular formula is C22H14Cl2FN3O3. The summed E-state index contributed by atoms with van der Waals surface area (Å²) in [7, 11) is 0. The van der Waals surface area contributed by atoms with Crippen molar-refractivity contribution >= 4 is 52.8 Å². The summed E-state index contributed by atoms with van der Waals surface area (Å²) in [5, 5.41) is 3.14. The van der Waals surface area contributed by atoms with Crippen molar-refractivity contribution in [1.29, 1.82) is 0 Å². The van der Waals surface area contributed by atoms with E-state index in [9.17, 15) is 18.8 Å². The monoisotopic (exact) mass is 457 g/mol. The molecule has 0 bridgehead atoms. The van der Waals surface area contributed by atoms with E-state index in [2.05, 4.69) is 5.32 Å². The third kappa shape index (κ3) is 4.23. The van der Waals surface area contributed by atoms with Crippen molar-refractivity contribution in [1.82, 2.24) is 9.88 Å². The fourth-order valence-electron chi connectivity index (χ4n) is 3.17. The number of carbonyl (C=O) groups excluding carboxylic acids is 3. The third-order valence-electron chi connectivity index (χ3n) is 4.70. The lowest BCUT2D eigenvalue weighted by Gasteiger charge is -2.26. The van der Waals surface area contributed by atoms with E-state index in [0.29, 0.717) is 22.3 Å². The molecule has 0 saturated carbocycles. The number of barbiturate groups is 1. The summed E-state index contributed by atoms with van der Waals surface area (Å²) in [4.78, 5) is 38.4. The maximum absolute atomic E-state index is 13.2. The number of urea groups is 1. The highest BCUT2D eigenvalue weighted by atomic mass is 35.5. The van der Waals surface area contributed by atoms with Crippen LogP contribution in [0.15, 0.2) is 66.4 Å². The number of anilines is 1. The number of halogens is 3. The number of nitrogens with one attached hydrogen (secondary N) is 1. The number of aromatic nitrogens is 1. The van der Waals surface area contributed by atoms with Gasteiger partial charge in [0.05, 0.1) is 5.69 Å². The topological polar surface area (TPSA) is 71.4 Å². The van der Waals surface area contributed by atoms with Gasteiger partial charge in [-0.2, -0.15) is 0 Å². The molecule has 156 valence electrons. The van der Waals surface area contributed by atoms with Crippen LogP contribution in [0.3, 0.4) is 0 Å². The molecule has 0 aliphatic carbocycles. The first-order valence-electron chi connectivity index (χ1n) is 9.09. The summed E-state index contributed by atoms with van der Waals surface area (Å²) >= 11 is 12.2. The molecule has 2 heterocycles. The molecule has 1 aromatic heterocycles. The van der Waals surface area contributed by atoms with Gasteiger partial charge in [0.1, 0.15) is 11.4 Å². The first kappa shape index (κ1) is 20.8. The van der Waals surface area contributed by atoms with Crippen LogP contribution in [0.5, 0.6) is 0 Å². The van der Waals surface area contributed by atoms with Gasteiger partial charge >= 0.3 is 6.03 Å². The van der Waals surface area contributed by atoms with Crippen LogP contribution in [0.1, 0.15) is 11.3 Å². The Labute approximate surface area is 186 Å². The van der Waals surface area contributed by atoms with E-state index in [-0.39, 0.29) is 11.3 Å². The van der Waals surface area contributed by atoms with Crippen LogP contribution in [-0.4, -0.2) is 22.4 Å². The van der Waals surface area contributed by atoms with Crippen LogP contribution in [-0.2, 0) is 16.1 Å². The number of carbonyl (C=O) groups is 3. The van der Waals surface area contributed by atoms with Crippen LogP contribution in [0, 0.1) is 5.82 Å². The predicted molar refractivity (Wildman–Crippen MR) is 115 cm³/mol. The molecule has 31 heavy (non-hydrogen) atoms. The van der Waals surface area contributed by atoms with Crippen LogP contribution in [0.25, 0.3) is 6.08 Å². The van der Waals surface area contributed by atoms with Crippen molar-refractivity contribution in [2.24, 2.45) is 0 Å². The van der Waals surface area contributed by atoms with Gasteiger partial charge in [-0.25, -0.2) is 14.1 Å². The van der Waals surface area contributed by atoms with Crippen molar-refractivity contribution in [3.63, 3.8) is 0 Å². The van der Waals surface area contributed by atoms with E-state index >= 15 is 0 Å². The van der Waals surface area contributed by atoms with Gasteiger partial charge in [-0.3, -0.25) is 14.9 Å². The third-order valence-corrected chi connectivity index (χ3v) is 5.29. The highest BCUT2D eigenvalue weighted by molar-refractivity contribution is 6.39. The summed E-state index contributed by atoms with van der Waals surface area (Å²) in [6.45, 7) is 0.374. The molecule has 0 unspecified atom stereocenters. The number of benzene rings is 2. The molecule has 1 fully saturated rings. The van der Waals surface area contributed by atoms with Crippen LogP contribution in [0.4, 0.5) is 14.9 Å². The van der Waals surface area contributed by atoms with Gasteiger partial charge in [0.25, 0.3) is 11.8 Å². The maximum atomic E-state index is 13.2. The molecule has 1 saturated heterocycles. The largest absolute Gasteiger partial charge is 0.343 e. The summed E-state index contributed by atoms with van der Waals surface area (Å²) in [5.41, 5.74) is 1.26. The lowest BCUT2D eigenvalue weighted by atomic mass is 10.1. The zero-order chi connectivity index (χ0) is 22.1. The number of imide groups is 2. The Morgan fingerprint density at radius 2 is 1.74 bits per heavy atom. The second kappa shape index (κ2) is 8.37. The molecule has 4 rings (SSSR count). The molecule has 9 heteroatoms.